The Morgan fingerprint density at radius 2 is 2.25 bits per heavy atom. The molecule has 2 heterocycles. The Labute approximate surface area is 94.2 Å². The first-order valence-corrected chi connectivity index (χ1v) is 5.61. The number of furan rings is 1. The van der Waals surface area contributed by atoms with E-state index in [1.807, 2.05) is 0 Å². The quantitative estimate of drug-likeness (QED) is 0.774. The van der Waals surface area contributed by atoms with Gasteiger partial charge >= 0.3 is 0 Å². The van der Waals surface area contributed by atoms with Gasteiger partial charge in [0.05, 0.1) is 18.5 Å². The monoisotopic (exact) mass is 225 g/mol. The number of alkyl halides is 1. The van der Waals surface area contributed by atoms with Crippen molar-refractivity contribution < 1.29 is 13.6 Å². The molecular weight excluding hydrogens is 209 g/mol. The lowest BCUT2D eigenvalue weighted by molar-refractivity contribution is 0.0676. The van der Waals surface area contributed by atoms with E-state index in [2.05, 4.69) is 0 Å². The smallest absolute Gasteiger partial charge is 0.257 e. The average Bonchev–Trinajstić information content (AvgIpc) is 2.75. The predicted molar refractivity (Wildman–Crippen MR) is 58.0 cm³/mol. The van der Waals surface area contributed by atoms with Crippen molar-refractivity contribution >= 4 is 5.91 Å². The fraction of sp³-hybridized carbons (Fsp3) is 0.583. The van der Waals surface area contributed by atoms with Crippen LogP contribution in [0.5, 0.6) is 0 Å². The molecule has 16 heavy (non-hydrogen) atoms. The minimum Gasteiger partial charge on any atom is -0.469 e. The predicted octanol–water partition coefficient (Wildman–Crippen LogP) is 2.41. The number of nitrogens with zero attached hydrogens (tertiary/aromatic N) is 1. The molecule has 0 saturated carbocycles. The van der Waals surface area contributed by atoms with Gasteiger partial charge in [0.1, 0.15) is 5.76 Å². The second-order valence-corrected chi connectivity index (χ2v) is 4.28. The Kier molecular flexibility index (Phi) is 3.27. The van der Waals surface area contributed by atoms with Crippen LogP contribution in [0.1, 0.15) is 29.0 Å². The molecule has 88 valence electrons. The molecule has 0 bridgehead atoms. The third-order valence-electron chi connectivity index (χ3n) is 3.21. The number of halogens is 1. The highest BCUT2D eigenvalue weighted by Crippen LogP contribution is 2.20. The second kappa shape index (κ2) is 4.68. The van der Waals surface area contributed by atoms with Gasteiger partial charge in [-0.2, -0.15) is 0 Å². The second-order valence-electron chi connectivity index (χ2n) is 4.28. The fourth-order valence-corrected chi connectivity index (χ4v) is 2.07. The molecule has 1 amide bonds. The van der Waals surface area contributed by atoms with E-state index >= 15 is 0 Å². The number of amides is 1. The normalized spacial score (nSPS) is 17.8. The van der Waals surface area contributed by atoms with Gasteiger partial charge in [0, 0.05) is 13.1 Å². The average molecular weight is 225 g/mol. The topological polar surface area (TPSA) is 33.5 Å². The molecule has 3 nitrogen and oxygen atoms in total. The van der Waals surface area contributed by atoms with Gasteiger partial charge < -0.3 is 9.32 Å². The van der Waals surface area contributed by atoms with Crippen LogP contribution < -0.4 is 0 Å². The molecule has 1 aliphatic heterocycles. The van der Waals surface area contributed by atoms with Crippen LogP contribution in [0.2, 0.25) is 0 Å². The number of rotatable bonds is 2. The minimum atomic E-state index is -0.271. The van der Waals surface area contributed by atoms with Crippen LogP contribution >= 0.6 is 0 Å². The first-order valence-electron chi connectivity index (χ1n) is 5.61. The van der Waals surface area contributed by atoms with Gasteiger partial charge in [-0.25, -0.2) is 0 Å². The van der Waals surface area contributed by atoms with E-state index in [1.165, 1.54) is 6.26 Å². The number of hydrogen-bond donors (Lipinski definition) is 0. The summed E-state index contributed by atoms with van der Waals surface area (Å²) in [4.78, 5) is 13.8. The van der Waals surface area contributed by atoms with Crippen LogP contribution in [0.4, 0.5) is 4.39 Å². The van der Waals surface area contributed by atoms with E-state index in [0.29, 0.717) is 24.4 Å². The molecule has 1 fully saturated rings. The summed E-state index contributed by atoms with van der Waals surface area (Å²) >= 11 is 0. The summed E-state index contributed by atoms with van der Waals surface area (Å²) in [6.07, 6.45) is 3.05. The molecule has 1 aliphatic rings. The Bertz CT molecular complexity index is 367. The van der Waals surface area contributed by atoms with E-state index in [-0.39, 0.29) is 18.5 Å². The molecule has 4 heteroatoms. The maximum absolute atomic E-state index is 12.4. The first kappa shape index (κ1) is 11.2. The Hall–Kier alpha value is -1.32. The fourth-order valence-electron chi connectivity index (χ4n) is 2.07. The number of likely N-dealkylation sites (tertiary alicyclic amines) is 1. The van der Waals surface area contributed by atoms with Crippen molar-refractivity contribution in [3.05, 3.63) is 23.7 Å². The summed E-state index contributed by atoms with van der Waals surface area (Å²) < 4.78 is 17.5. The van der Waals surface area contributed by atoms with Gasteiger partial charge in [0.25, 0.3) is 5.91 Å². The van der Waals surface area contributed by atoms with Crippen LogP contribution in [0.15, 0.2) is 16.7 Å². The number of carbonyl (C=O) groups is 1. The van der Waals surface area contributed by atoms with Gasteiger partial charge in [-0.05, 0) is 31.7 Å². The number of carbonyl (C=O) groups excluding carboxylic acids is 1. The molecule has 0 radical (unpaired) electrons. The van der Waals surface area contributed by atoms with E-state index in [0.717, 1.165) is 12.8 Å². The maximum Gasteiger partial charge on any atom is 0.257 e. The molecule has 2 rings (SSSR count). The lowest BCUT2D eigenvalue weighted by atomic mass is 9.98. The summed E-state index contributed by atoms with van der Waals surface area (Å²) in [5.41, 5.74) is 0.624. The van der Waals surface area contributed by atoms with Gasteiger partial charge in [0.15, 0.2) is 0 Å². The molecule has 0 spiro atoms. The van der Waals surface area contributed by atoms with Crippen LogP contribution in [-0.2, 0) is 0 Å². The van der Waals surface area contributed by atoms with Crippen molar-refractivity contribution in [1.29, 1.82) is 0 Å². The van der Waals surface area contributed by atoms with Crippen molar-refractivity contribution in [3.63, 3.8) is 0 Å². The van der Waals surface area contributed by atoms with Crippen LogP contribution in [-0.4, -0.2) is 30.6 Å². The molecule has 0 aliphatic carbocycles. The lowest BCUT2D eigenvalue weighted by Gasteiger charge is -2.30. The molecule has 1 aromatic heterocycles. The third kappa shape index (κ3) is 2.10. The summed E-state index contributed by atoms with van der Waals surface area (Å²) in [5.74, 6) is 0.788. The van der Waals surface area contributed by atoms with Crippen LogP contribution in [0, 0.1) is 12.8 Å². The molecule has 0 aromatic carbocycles. The summed E-state index contributed by atoms with van der Waals surface area (Å²) in [7, 11) is 0. The van der Waals surface area contributed by atoms with E-state index < -0.39 is 0 Å². The Morgan fingerprint density at radius 3 is 2.75 bits per heavy atom. The first-order chi connectivity index (χ1) is 7.72. The highest BCUT2D eigenvalue weighted by Gasteiger charge is 2.25. The summed E-state index contributed by atoms with van der Waals surface area (Å²) in [5, 5.41) is 0. The van der Waals surface area contributed by atoms with Gasteiger partial charge in [-0.1, -0.05) is 0 Å². The van der Waals surface area contributed by atoms with E-state index in [9.17, 15) is 9.18 Å². The van der Waals surface area contributed by atoms with Gasteiger partial charge in [-0.15, -0.1) is 0 Å². The highest BCUT2D eigenvalue weighted by molar-refractivity contribution is 5.95. The van der Waals surface area contributed by atoms with Crippen molar-refractivity contribution in [1.82, 2.24) is 4.90 Å². The molecular formula is C12H16FNO2. The molecule has 1 saturated heterocycles. The SMILES string of the molecule is Cc1occc1C(=O)N1CCC(CF)CC1. The van der Waals surface area contributed by atoms with Crippen LogP contribution in [0.3, 0.4) is 0 Å². The summed E-state index contributed by atoms with van der Waals surface area (Å²) in [6.45, 7) is 2.81. The maximum atomic E-state index is 12.4. The zero-order chi connectivity index (χ0) is 11.5. The van der Waals surface area contributed by atoms with Crippen molar-refractivity contribution in [2.75, 3.05) is 19.8 Å². The zero-order valence-electron chi connectivity index (χ0n) is 9.41. The van der Waals surface area contributed by atoms with Crippen LogP contribution in [0.25, 0.3) is 0 Å². The van der Waals surface area contributed by atoms with Gasteiger partial charge in [0.2, 0.25) is 0 Å². The Morgan fingerprint density at radius 1 is 1.56 bits per heavy atom. The number of hydrogen-bond acceptors (Lipinski definition) is 2. The van der Waals surface area contributed by atoms with Crippen molar-refractivity contribution in [3.8, 4) is 0 Å². The molecule has 0 atom stereocenters. The van der Waals surface area contributed by atoms with Crippen molar-refractivity contribution in [2.45, 2.75) is 19.8 Å². The van der Waals surface area contributed by atoms with Crippen molar-refractivity contribution in [2.24, 2.45) is 5.92 Å². The minimum absolute atomic E-state index is 0.00329. The van der Waals surface area contributed by atoms with E-state index in [4.69, 9.17) is 4.42 Å². The molecule has 1 aromatic rings. The zero-order valence-corrected chi connectivity index (χ0v) is 9.41. The number of aryl methyl sites for hydroxylation is 1. The standard InChI is InChI=1S/C12H16FNO2/c1-9-11(4-7-16-9)12(15)14-5-2-10(8-13)3-6-14/h4,7,10H,2-3,5-6,8H2,1H3. The molecule has 0 unspecified atom stereocenters. The highest BCUT2D eigenvalue weighted by atomic mass is 19.1. The largest absolute Gasteiger partial charge is 0.469 e. The summed E-state index contributed by atoms with van der Waals surface area (Å²) in [6, 6.07) is 1.69. The molecule has 0 N–H and O–H groups in total. The van der Waals surface area contributed by atoms with Gasteiger partial charge in [-0.3, -0.25) is 9.18 Å². The van der Waals surface area contributed by atoms with E-state index in [1.54, 1.807) is 17.9 Å². The Balaban J connectivity index is 2.00. The number of piperidine rings is 1. The third-order valence-corrected chi connectivity index (χ3v) is 3.21. The lowest BCUT2D eigenvalue weighted by Crippen LogP contribution is -2.39.